The molecule has 0 spiro atoms. The molecule has 0 saturated carbocycles. The zero-order valence-corrected chi connectivity index (χ0v) is 16.7. The number of hydrogen-bond donors (Lipinski definition) is 0. The zero-order chi connectivity index (χ0) is 19.4. The molecule has 0 N–H and O–H groups in total. The van der Waals surface area contributed by atoms with Crippen molar-refractivity contribution in [3.05, 3.63) is 59.7 Å². The average Bonchev–Trinajstić information content (AvgIpc) is 2.67. The highest BCUT2D eigenvalue weighted by molar-refractivity contribution is 7.92. The second-order valence-electron chi connectivity index (χ2n) is 6.85. The summed E-state index contributed by atoms with van der Waals surface area (Å²) < 4.78 is 26.1. The van der Waals surface area contributed by atoms with Crippen molar-refractivity contribution in [2.45, 2.75) is 32.6 Å². The minimum absolute atomic E-state index is 0.0372. The fourth-order valence-electron chi connectivity index (χ4n) is 3.64. The van der Waals surface area contributed by atoms with E-state index in [1.54, 1.807) is 11.0 Å². The number of carbonyl (C=O) groups excluding carboxylic acids is 1. The third kappa shape index (κ3) is 4.33. The zero-order valence-electron chi connectivity index (χ0n) is 15.9. The van der Waals surface area contributed by atoms with E-state index < -0.39 is 10.0 Å². The van der Waals surface area contributed by atoms with Gasteiger partial charge in [-0.3, -0.25) is 9.10 Å². The molecule has 0 unspecified atom stereocenters. The molecule has 2 aromatic rings. The number of carbonyl (C=O) groups is 1. The van der Waals surface area contributed by atoms with Gasteiger partial charge in [0.15, 0.2) is 0 Å². The van der Waals surface area contributed by atoms with Crippen molar-refractivity contribution in [2.75, 3.05) is 28.6 Å². The van der Waals surface area contributed by atoms with Crippen LogP contribution in [0.4, 0.5) is 11.4 Å². The molecule has 0 aromatic heterocycles. The third-order valence-corrected chi connectivity index (χ3v) is 6.16. The van der Waals surface area contributed by atoms with Crippen LogP contribution < -0.4 is 9.21 Å². The summed E-state index contributed by atoms with van der Waals surface area (Å²) in [5.74, 6) is -0.0372. The molecule has 6 heteroatoms. The topological polar surface area (TPSA) is 57.7 Å². The Morgan fingerprint density at radius 2 is 1.81 bits per heavy atom. The predicted molar refractivity (Wildman–Crippen MR) is 110 cm³/mol. The van der Waals surface area contributed by atoms with Crippen LogP contribution in [-0.4, -0.2) is 33.7 Å². The molecule has 3 rings (SSSR count). The second kappa shape index (κ2) is 8.13. The van der Waals surface area contributed by atoms with Gasteiger partial charge < -0.3 is 4.90 Å². The monoisotopic (exact) mass is 386 g/mol. The third-order valence-electron chi connectivity index (χ3n) is 4.98. The lowest BCUT2D eigenvalue weighted by molar-refractivity contribution is -0.118. The molecule has 0 radical (unpaired) electrons. The van der Waals surface area contributed by atoms with E-state index in [0.717, 1.165) is 30.5 Å². The van der Waals surface area contributed by atoms with Gasteiger partial charge in [-0.1, -0.05) is 43.3 Å². The number of fused-ring (bicyclic) bond motifs is 1. The van der Waals surface area contributed by atoms with Crippen molar-refractivity contribution in [1.82, 2.24) is 0 Å². The van der Waals surface area contributed by atoms with Crippen LogP contribution in [0.25, 0.3) is 0 Å². The summed E-state index contributed by atoms with van der Waals surface area (Å²) in [6, 6.07) is 15.4. The summed E-state index contributed by atoms with van der Waals surface area (Å²) >= 11 is 0. The summed E-state index contributed by atoms with van der Waals surface area (Å²) in [5.41, 5.74) is 3.75. The van der Waals surface area contributed by atoms with Crippen LogP contribution in [0.5, 0.6) is 0 Å². The van der Waals surface area contributed by atoms with Crippen LogP contribution >= 0.6 is 0 Å². The number of anilines is 2. The summed E-state index contributed by atoms with van der Waals surface area (Å²) in [4.78, 5) is 14.7. The molecule has 144 valence electrons. The Labute approximate surface area is 161 Å². The Bertz CT molecular complexity index is 925. The van der Waals surface area contributed by atoms with Gasteiger partial charge in [0.25, 0.3) is 0 Å². The fourth-order valence-corrected chi connectivity index (χ4v) is 4.60. The van der Waals surface area contributed by atoms with Crippen LogP contribution in [0.2, 0.25) is 0 Å². The summed E-state index contributed by atoms with van der Waals surface area (Å²) in [7, 11) is -3.47. The number of amides is 1. The molecule has 2 aromatic carbocycles. The van der Waals surface area contributed by atoms with E-state index >= 15 is 0 Å². The van der Waals surface area contributed by atoms with Crippen molar-refractivity contribution in [1.29, 1.82) is 0 Å². The van der Waals surface area contributed by atoms with Crippen molar-refractivity contribution >= 4 is 27.3 Å². The predicted octanol–water partition coefficient (Wildman–Crippen LogP) is 3.38. The van der Waals surface area contributed by atoms with Crippen molar-refractivity contribution in [3.8, 4) is 0 Å². The van der Waals surface area contributed by atoms with Crippen molar-refractivity contribution < 1.29 is 13.2 Å². The average molecular weight is 387 g/mol. The molecule has 0 aliphatic carbocycles. The second-order valence-corrected chi connectivity index (χ2v) is 8.75. The van der Waals surface area contributed by atoms with Gasteiger partial charge in [0.1, 0.15) is 0 Å². The van der Waals surface area contributed by atoms with Gasteiger partial charge in [0.2, 0.25) is 15.9 Å². The van der Waals surface area contributed by atoms with Crippen LogP contribution in [0.3, 0.4) is 0 Å². The van der Waals surface area contributed by atoms with E-state index in [0.29, 0.717) is 12.2 Å². The highest BCUT2D eigenvalue weighted by atomic mass is 32.2. The normalized spacial score (nSPS) is 13.9. The van der Waals surface area contributed by atoms with E-state index in [1.165, 1.54) is 16.1 Å². The first-order chi connectivity index (χ1) is 12.9. The lowest BCUT2D eigenvalue weighted by Gasteiger charge is -2.31. The van der Waals surface area contributed by atoms with Crippen LogP contribution in [0.15, 0.2) is 48.5 Å². The quantitative estimate of drug-likeness (QED) is 0.765. The van der Waals surface area contributed by atoms with Gasteiger partial charge in [-0.25, -0.2) is 8.42 Å². The van der Waals surface area contributed by atoms with E-state index in [2.05, 4.69) is 6.07 Å². The van der Waals surface area contributed by atoms with Crippen molar-refractivity contribution in [3.63, 3.8) is 0 Å². The lowest BCUT2D eigenvalue weighted by Crippen LogP contribution is -2.39. The standard InChI is InChI=1S/C21H26N2O3S/c1-3-17-9-4-7-13-20(17)23(27(2,25)26)16-14-21(24)22-15-8-11-18-10-5-6-12-19(18)22/h4-7,9-10,12-13H,3,8,11,14-16H2,1-2H3. The molecular weight excluding hydrogens is 360 g/mol. The highest BCUT2D eigenvalue weighted by Gasteiger charge is 2.25. The molecular formula is C21H26N2O3S. The van der Waals surface area contributed by atoms with Gasteiger partial charge in [-0.05, 0) is 42.5 Å². The van der Waals surface area contributed by atoms with E-state index in [-0.39, 0.29) is 18.9 Å². The summed E-state index contributed by atoms with van der Waals surface area (Å²) in [6.45, 7) is 2.82. The maximum atomic E-state index is 12.9. The van der Waals surface area contributed by atoms with Gasteiger partial charge in [0.05, 0.1) is 11.9 Å². The van der Waals surface area contributed by atoms with Crippen molar-refractivity contribution in [2.24, 2.45) is 0 Å². The Morgan fingerprint density at radius 3 is 2.56 bits per heavy atom. The molecule has 0 saturated heterocycles. The maximum absolute atomic E-state index is 12.9. The number of hydrogen-bond acceptors (Lipinski definition) is 3. The highest BCUT2D eigenvalue weighted by Crippen LogP contribution is 2.28. The maximum Gasteiger partial charge on any atom is 0.232 e. The Balaban J connectivity index is 1.80. The first kappa shape index (κ1) is 19.4. The van der Waals surface area contributed by atoms with Crippen LogP contribution in [-0.2, 0) is 27.7 Å². The van der Waals surface area contributed by atoms with E-state index in [4.69, 9.17) is 0 Å². The lowest BCUT2D eigenvalue weighted by atomic mass is 10.0. The summed E-state index contributed by atoms with van der Waals surface area (Å²) in [6.07, 6.45) is 3.98. The number of sulfonamides is 1. The number of aryl methyl sites for hydroxylation is 2. The van der Waals surface area contributed by atoms with E-state index in [1.807, 2.05) is 43.3 Å². The molecule has 0 atom stereocenters. The number of rotatable bonds is 6. The summed E-state index contributed by atoms with van der Waals surface area (Å²) in [5, 5.41) is 0. The molecule has 1 amide bonds. The molecule has 0 fully saturated rings. The minimum Gasteiger partial charge on any atom is -0.312 e. The van der Waals surface area contributed by atoms with Gasteiger partial charge in [-0.15, -0.1) is 0 Å². The Hall–Kier alpha value is -2.34. The van der Waals surface area contributed by atoms with Gasteiger partial charge in [-0.2, -0.15) is 0 Å². The first-order valence-corrected chi connectivity index (χ1v) is 11.2. The van der Waals surface area contributed by atoms with Crippen LogP contribution in [0.1, 0.15) is 30.9 Å². The van der Waals surface area contributed by atoms with Crippen LogP contribution in [0, 0.1) is 0 Å². The molecule has 0 bridgehead atoms. The Kier molecular flexibility index (Phi) is 5.85. The largest absolute Gasteiger partial charge is 0.312 e. The SMILES string of the molecule is CCc1ccccc1N(CCC(=O)N1CCCc2ccccc21)S(C)(=O)=O. The Morgan fingerprint density at radius 1 is 1.11 bits per heavy atom. The fraction of sp³-hybridized carbons (Fsp3) is 0.381. The molecule has 1 heterocycles. The number of benzene rings is 2. The smallest absolute Gasteiger partial charge is 0.232 e. The number of nitrogens with zero attached hydrogens (tertiary/aromatic N) is 2. The minimum atomic E-state index is -3.47. The van der Waals surface area contributed by atoms with Gasteiger partial charge >= 0.3 is 0 Å². The molecule has 27 heavy (non-hydrogen) atoms. The molecule has 5 nitrogen and oxygen atoms in total. The number of para-hydroxylation sites is 2. The van der Waals surface area contributed by atoms with Gasteiger partial charge in [0, 0.05) is 25.2 Å². The van der Waals surface area contributed by atoms with E-state index in [9.17, 15) is 13.2 Å². The first-order valence-electron chi connectivity index (χ1n) is 9.35. The molecule has 1 aliphatic rings. The molecule has 1 aliphatic heterocycles.